The summed E-state index contributed by atoms with van der Waals surface area (Å²) in [5, 5.41) is 4.35. The second-order valence-electron chi connectivity index (χ2n) is 7.21. The SMILES string of the molecule is Cc1ccc(-c2cnc(SCC(=O)Nc3ccc(Cl)cc3)n2Cc2ccccc2)cc1. The number of aryl methyl sites for hydroxylation is 1. The van der Waals surface area contributed by atoms with Crippen LogP contribution in [0.2, 0.25) is 5.02 Å². The maximum Gasteiger partial charge on any atom is 0.234 e. The van der Waals surface area contributed by atoms with Crippen molar-refractivity contribution in [2.75, 3.05) is 11.1 Å². The number of benzene rings is 3. The van der Waals surface area contributed by atoms with E-state index >= 15 is 0 Å². The molecule has 1 amide bonds. The maximum atomic E-state index is 12.5. The number of carbonyl (C=O) groups excluding carboxylic acids is 1. The van der Waals surface area contributed by atoms with E-state index in [1.165, 1.54) is 22.9 Å². The molecule has 0 aliphatic heterocycles. The van der Waals surface area contributed by atoms with Gasteiger partial charge in [0.25, 0.3) is 0 Å². The summed E-state index contributed by atoms with van der Waals surface area (Å²) in [6.07, 6.45) is 1.88. The Morgan fingerprint density at radius 3 is 2.42 bits per heavy atom. The van der Waals surface area contributed by atoms with Crippen LogP contribution in [0, 0.1) is 6.92 Å². The van der Waals surface area contributed by atoms with E-state index in [2.05, 4.69) is 58.2 Å². The third kappa shape index (κ3) is 5.57. The number of carbonyl (C=O) groups is 1. The lowest BCUT2D eigenvalue weighted by atomic mass is 10.1. The monoisotopic (exact) mass is 447 g/mol. The van der Waals surface area contributed by atoms with Crippen LogP contribution < -0.4 is 5.32 Å². The Kier molecular flexibility index (Phi) is 6.75. The highest BCUT2D eigenvalue weighted by molar-refractivity contribution is 7.99. The van der Waals surface area contributed by atoms with Gasteiger partial charge in [-0.05, 0) is 42.3 Å². The first-order valence-electron chi connectivity index (χ1n) is 9.93. The molecule has 4 nitrogen and oxygen atoms in total. The first-order valence-corrected chi connectivity index (χ1v) is 11.3. The number of halogens is 1. The summed E-state index contributed by atoms with van der Waals surface area (Å²) in [5.41, 5.74) is 5.26. The van der Waals surface area contributed by atoms with Crippen LogP contribution in [0.3, 0.4) is 0 Å². The second kappa shape index (κ2) is 9.86. The lowest BCUT2D eigenvalue weighted by Gasteiger charge is -2.12. The second-order valence-corrected chi connectivity index (χ2v) is 8.59. The molecule has 156 valence electrons. The molecule has 0 unspecified atom stereocenters. The maximum absolute atomic E-state index is 12.5. The molecule has 31 heavy (non-hydrogen) atoms. The van der Waals surface area contributed by atoms with Gasteiger partial charge >= 0.3 is 0 Å². The van der Waals surface area contributed by atoms with Crippen LogP contribution in [0.15, 0.2) is 90.2 Å². The highest BCUT2D eigenvalue weighted by Crippen LogP contribution is 2.28. The first-order chi connectivity index (χ1) is 15.1. The average Bonchev–Trinajstić information content (AvgIpc) is 3.17. The molecule has 1 aromatic heterocycles. The molecule has 0 atom stereocenters. The van der Waals surface area contributed by atoms with Crippen LogP contribution in [0.4, 0.5) is 5.69 Å². The minimum atomic E-state index is -0.0848. The van der Waals surface area contributed by atoms with Crippen LogP contribution in [-0.2, 0) is 11.3 Å². The Balaban J connectivity index is 1.54. The summed E-state index contributed by atoms with van der Waals surface area (Å²) in [6.45, 7) is 2.76. The summed E-state index contributed by atoms with van der Waals surface area (Å²) in [4.78, 5) is 17.1. The normalized spacial score (nSPS) is 10.8. The van der Waals surface area contributed by atoms with E-state index in [9.17, 15) is 4.79 Å². The molecule has 6 heteroatoms. The minimum absolute atomic E-state index is 0.0848. The Hall–Kier alpha value is -3.02. The molecule has 0 bridgehead atoms. The van der Waals surface area contributed by atoms with E-state index in [1.807, 2.05) is 24.4 Å². The van der Waals surface area contributed by atoms with E-state index < -0.39 is 0 Å². The lowest BCUT2D eigenvalue weighted by molar-refractivity contribution is -0.113. The van der Waals surface area contributed by atoms with Gasteiger partial charge < -0.3 is 9.88 Å². The molecule has 1 heterocycles. The molecule has 0 spiro atoms. The fourth-order valence-corrected chi connectivity index (χ4v) is 4.11. The van der Waals surface area contributed by atoms with Gasteiger partial charge in [-0.25, -0.2) is 4.98 Å². The molecule has 4 aromatic rings. The van der Waals surface area contributed by atoms with E-state index in [4.69, 9.17) is 11.6 Å². The molecule has 0 fully saturated rings. The zero-order valence-corrected chi connectivity index (χ0v) is 18.7. The van der Waals surface area contributed by atoms with Crippen LogP contribution in [0.25, 0.3) is 11.3 Å². The predicted molar refractivity (Wildman–Crippen MR) is 129 cm³/mol. The lowest BCUT2D eigenvalue weighted by Crippen LogP contribution is -2.14. The summed E-state index contributed by atoms with van der Waals surface area (Å²) in [5.74, 6) is 0.181. The van der Waals surface area contributed by atoms with E-state index in [0.717, 1.165) is 22.1 Å². The third-order valence-electron chi connectivity index (χ3n) is 4.81. The molecule has 0 aliphatic rings. The number of amides is 1. The van der Waals surface area contributed by atoms with Crippen LogP contribution in [0.5, 0.6) is 0 Å². The fourth-order valence-electron chi connectivity index (χ4n) is 3.21. The van der Waals surface area contributed by atoms with Crippen molar-refractivity contribution in [3.8, 4) is 11.3 Å². The van der Waals surface area contributed by atoms with Gasteiger partial charge in [-0.3, -0.25) is 4.79 Å². The molecule has 0 radical (unpaired) electrons. The number of anilines is 1. The van der Waals surface area contributed by atoms with Gasteiger partial charge in [-0.1, -0.05) is 83.5 Å². The van der Waals surface area contributed by atoms with Crippen molar-refractivity contribution in [3.05, 3.63) is 101 Å². The zero-order chi connectivity index (χ0) is 21.6. The summed E-state index contributed by atoms with van der Waals surface area (Å²) in [6, 6.07) is 25.8. The van der Waals surface area contributed by atoms with Crippen molar-refractivity contribution < 1.29 is 4.79 Å². The van der Waals surface area contributed by atoms with Gasteiger partial charge in [-0.2, -0.15) is 0 Å². The number of nitrogens with one attached hydrogen (secondary N) is 1. The number of hydrogen-bond donors (Lipinski definition) is 1. The van der Waals surface area contributed by atoms with Gasteiger partial charge in [0.05, 0.1) is 24.2 Å². The number of rotatable bonds is 7. The van der Waals surface area contributed by atoms with Gasteiger partial charge in [0.2, 0.25) is 5.91 Å². The Morgan fingerprint density at radius 1 is 1.00 bits per heavy atom. The first kappa shape index (κ1) is 21.2. The van der Waals surface area contributed by atoms with Crippen molar-refractivity contribution in [1.29, 1.82) is 0 Å². The molecular weight excluding hydrogens is 426 g/mol. The average molecular weight is 448 g/mol. The smallest absolute Gasteiger partial charge is 0.234 e. The van der Waals surface area contributed by atoms with E-state index in [-0.39, 0.29) is 11.7 Å². The minimum Gasteiger partial charge on any atom is -0.325 e. The van der Waals surface area contributed by atoms with Crippen molar-refractivity contribution in [3.63, 3.8) is 0 Å². The van der Waals surface area contributed by atoms with Crippen molar-refractivity contribution >= 4 is 35.0 Å². The van der Waals surface area contributed by atoms with Gasteiger partial charge in [0, 0.05) is 10.7 Å². The number of aromatic nitrogens is 2. The number of nitrogens with zero attached hydrogens (tertiary/aromatic N) is 2. The predicted octanol–water partition coefficient (Wildman–Crippen LogP) is 6.29. The summed E-state index contributed by atoms with van der Waals surface area (Å²) >= 11 is 7.34. The number of hydrogen-bond acceptors (Lipinski definition) is 3. The summed E-state index contributed by atoms with van der Waals surface area (Å²) < 4.78 is 2.17. The molecule has 1 N–H and O–H groups in total. The number of imidazole rings is 1. The molecular formula is C25H22ClN3OS. The summed E-state index contributed by atoms with van der Waals surface area (Å²) in [7, 11) is 0. The largest absolute Gasteiger partial charge is 0.325 e. The third-order valence-corrected chi connectivity index (χ3v) is 6.05. The molecule has 0 aliphatic carbocycles. The highest BCUT2D eigenvalue weighted by atomic mass is 35.5. The highest BCUT2D eigenvalue weighted by Gasteiger charge is 2.14. The zero-order valence-electron chi connectivity index (χ0n) is 17.1. The Labute approximate surface area is 191 Å². The van der Waals surface area contributed by atoms with E-state index in [0.29, 0.717) is 11.6 Å². The standard InChI is InChI=1S/C25H22ClN3OS/c1-18-7-9-20(10-8-18)23-15-27-25(29(23)16-19-5-3-2-4-6-19)31-17-24(30)28-22-13-11-21(26)12-14-22/h2-15H,16-17H2,1H3,(H,28,30). The Morgan fingerprint density at radius 2 is 1.71 bits per heavy atom. The fraction of sp³-hybridized carbons (Fsp3) is 0.120. The van der Waals surface area contributed by atoms with Crippen molar-refractivity contribution in [2.24, 2.45) is 0 Å². The topological polar surface area (TPSA) is 46.9 Å². The van der Waals surface area contributed by atoms with Crippen LogP contribution in [-0.4, -0.2) is 21.2 Å². The van der Waals surface area contributed by atoms with Crippen molar-refractivity contribution in [2.45, 2.75) is 18.6 Å². The number of thioether (sulfide) groups is 1. The van der Waals surface area contributed by atoms with Gasteiger partial charge in [0.15, 0.2) is 5.16 Å². The molecule has 0 saturated heterocycles. The molecule has 0 saturated carbocycles. The van der Waals surface area contributed by atoms with Gasteiger partial charge in [0.1, 0.15) is 0 Å². The van der Waals surface area contributed by atoms with Crippen molar-refractivity contribution in [1.82, 2.24) is 9.55 Å². The molecule has 4 rings (SSSR count). The Bertz CT molecular complexity index is 1160. The molecule has 3 aromatic carbocycles. The van der Waals surface area contributed by atoms with Crippen LogP contribution >= 0.6 is 23.4 Å². The quantitative estimate of drug-likeness (QED) is 0.338. The van der Waals surface area contributed by atoms with E-state index in [1.54, 1.807) is 24.3 Å². The van der Waals surface area contributed by atoms with Gasteiger partial charge in [-0.15, -0.1) is 0 Å². The van der Waals surface area contributed by atoms with Crippen LogP contribution in [0.1, 0.15) is 11.1 Å².